The molecule has 1 saturated heterocycles. The smallest absolute Gasteiger partial charge is 0.317 e. The summed E-state index contributed by atoms with van der Waals surface area (Å²) >= 11 is 0. The molecule has 0 atom stereocenters. The third kappa shape index (κ3) is 2.10. The van der Waals surface area contributed by atoms with Gasteiger partial charge in [0.25, 0.3) is 0 Å². The number of amides is 2. The highest BCUT2D eigenvalue weighted by atomic mass is 16.3. The van der Waals surface area contributed by atoms with Crippen LogP contribution in [0.25, 0.3) is 0 Å². The quantitative estimate of drug-likeness (QED) is 0.615. The van der Waals surface area contributed by atoms with Gasteiger partial charge in [0.05, 0.1) is 25.6 Å². The van der Waals surface area contributed by atoms with E-state index in [9.17, 15) is 9.90 Å². The average molecular weight is 183 g/mol. The minimum Gasteiger partial charge on any atom is -0.385 e. The zero-order valence-electron chi connectivity index (χ0n) is 7.58. The number of hydrogen-bond donors (Lipinski definition) is 2. The molecule has 5 nitrogen and oxygen atoms in total. The largest absolute Gasteiger partial charge is 0.385 e. The van der Waals surface area contributed by atoms with Crippen molar-refractivity contribution in [1.82, 2.24) is 10.2 Å². The maximum atomic E-state index is 11.1. The molecule has 0 aromatic carbocycles. The summed E-state index contributed by atoms with van der Waals surface area (Å²) in [5, 5.41) is 20.5. The Morgan fingerprint density at radius 1 is 1.77 bits per heavy atom. The lowest BCUT2D eigenvalue weighted by Gasteiger charge is -2.44. The summed E-state index contributed by atoms with van der Waals surface area (Å²) in [5.74, 6) is 0. The fourth-order valence-electron chi connectivity index (χ4n) is 1.33. The van der Waals surface area contributed by atoms with Crippen molar-refractivity contribution >= 4 is 6.03 Å². The number of carbonyl (C=O) groups excluding carboxylic acids is 1. The van der Waals surface area contributed by atoms with E-state index >= 15 is 0 Å². The van der Waals surface area contributed by atoms with Gasteiger partial charge >= 0.3 is 6.03 Å². The van der Waals surface area contributed by atoms with Gasteiger partial charge < -0.3 is 15.3 Å². The van der Waals surface area contributed by atoms with Crippen molar-refractivity contribution in [2.24, 2.45) is 0 Å². The van der Waals surface area contributed by atoms with E-state index in [2.05, 4.69) is 5.32 Å². The number of carbonyl (C=O) groups is 1. The van der Waals surface area contributed by atoms with Crippen LogP contribution in [0.3, 0.4) is 0 Å². The van der Waals surface area contributed by atoms with Gasteiger partial charge in [0, 0.05) is 6.54 Å². The topological polar surface area (TPSA) is 76.4 Å². The first kappa shape index (κ1) is 9.81. The van der Waals surface area contributed by atoms with Crippen LogP contribution in [0.4, 0.5) is 4.79 Å². The molecule has 0 aromatic rings. The zero-order chi connectivity index (χ0) is 9.90. The van der Waals surface area contributed by atoms with Crippen LogP contribution < -0.4 is 5.32 Å². The summed E-state index contributed by atoms with van der Waals surface area (Å²) in [6.45, 7) is 2.92. The number of aliphatic hydroxyl groups is 1. The lowest BCUT2D eigenvalue weighted by atomic mass is 9.91. The van der Waals surface area contributed by atoms with Crippen LogP contribution in [0.1, 0.15) is 13.3 Å². The van der Waals surface area contributed by atoms with Crippen LogP contribution in [0.15, 0.2) is 0 Å². The monoisotopic (exact) mass is 183 g/mol. The second-order valence-corrected chi connectivity index (χ2v) is 3.25. The third-order valence-corrected chi connectivity index (χ3v) is 1.99. The van der Waals surface area contributed by atoms with Gasteiger partial charge in [-0.3, -0.25) is 0 Å². The summed E-state index contributed by atoms with van der Waals surface area (Å²) < 4.78 is 0. The lowest BCUT2D eigenvalue weighted by molar-refractivity contribution is -0.0716. The highest BCUT2D eigenvalue weighted by Gasteiger charge is 2.43. The molecule has 1 aliphatic rings. The van der Waals surface area contributed by atoms with E-state index in [1.54, 1.807) is 0 Å². The summed E-state index contributed by atoms with van der Waals surface area (Å²) in [7, 11) is 0. The summed E-state index contributed by atoms with van der Waals surface area (Å²) in [6, 6.07) is 1.72. The minimum atomic E-state index is -0.972. The molecule has 0 aromatic heterocycles. The van der Waals surface area contributed by atoms with Crippen molar-refractivity contribution in [1.29, 1.82) is 5.26 Å². The third-order valence-electron chi connectivity index (χ3n) is 1.99. The molecule has 1 fully saturated rings. The molecule has 1 aliphatic heterocycles. The number of likely N-dealkylation sites (tertiary alicyclic amines) is 1. The number of nitriles is 1. The SMILES string of the molecule is CCNC(=O)N1CC(O)(CC#N)C1. The van der Waals surface area contributed by atoms with Gasteiger partial charge in [-0.1, -0.05) is 0 Å². The maximum Gasteiger partial charge on any atom is 0.317 e. The van der Waals surface area contributed by atoms with Gasteiger partial charge in [-0.25, -0.2) is 4.79 Å². The van der Waals surface area contributed by atoms with E-state index in [1.807, 2.05) is 13.0 Å². The van der Waals surface area contributed by atoms with E-state index < -0.39 is 5.60 Å². The molecule has 1 heterocycles. The Labute approximate surface area is 76.9 Å². The molecule has 0 spiro atoms. The molecule has 0 aliphatic carbocycles. The van der Waals surface area contributed by atoms with Gasteiger partial charge in [0.15, 0.2) is 0 Å². The van der Waals surface area contributed by atoms with Gasteiger partial charge in [-0.05, 0) is 6.92 Å². The van der Waals surface area contributed by atoms with Gasteiger partial charge in [-0.2, -0.15) is 5.26 Å². The van der Waals surface area contributed by atoms with Crippen molar-refractivity contribution in [3.63, 3.8) is 0 Å². The van der Waals surface area contributed by atoms with Gasteiger partial charge in [0.2, 0.25) is 0 Å². The first-order chi connectivity index (χ1) is 6.11. The minimum absolute atomic E-state index is 0.0862. The predicted octanol–water partition coefficient (Wildman–Crippen LogP) is -0.324. The molecule has 0 unspecified atom stereocenters. The van der Waals surface area contributed by atoms with Crippen molar-refractivity contribution in [2.75, 3.05) is 19.6 Å². The summed E-state index contributed by atoms with van der Waals surface area (Å²) in [5.41, 5.74) is -0.972. The second-order valence-electron chi connectivity index (χ2n) is 3.25. The summed E-state index contributed by atoms with van der Waals surface area (Å²) in [6.07, 6.45) is 0.0862. The molecular formula is C8H13N3O2. The van der Waals surface area contributed by atoms with Crippen LogP contribution in [0.2, 0.25) is 0 Å². The fourth-order valence-corrected chi connectivity index (χ4v) is 1.33. The van der Waals surface area contributed by atoms with Gasteiger partial charge in [-0.15, -0.1) is 0 Å². The molecule has 72 valence electrons. The molecule has 13 heavy (non-hydrogen) atoms. The van der Waals surface area contributed by atoms with Crippen molar-refractivity contribution in [2.45, 2.75) is 18.9 Å². The Bertz CT molecular complexity index is 240. The van der Waals surface area contributed by atoms with E-state index in [0.717, 1.165) is 0 Å². The zero-order valence-corrected chi connectivity index (χ0v) is 7.58. The first-order valence-electron chi connectivity index (χ1n) is 4.23. The number of nitrogens with zero attached hydrogens (tertiary/aromatic N) is 2. The first-order valence-corrected chi connectivity index (χ1v) is 4.23. The lowest BCUT2D eigenvalue weighted by Crippen LogP contribution is -2.65. The molecule has 2 N–H and O–H groups in total. The van der Waals surface area contributed by atoms with Gasteiger partial charge in [0.1, 0.15) is 5.60 Å². The van der Waals surface area contributed by atoms with E-state index in [1.165, 1.54) is 4.90 Å². The van der Waals surface area contributed by atoms with Crippen molar-refractivity contribution in [3.05, 3.63) is 0 Å². The number of hydrogen-bond acceptors (Lipinski definition) is 3. The normalized spacial score (nSPS) is 18.7. The highest BCUT2D eigenvalue weighted by molar-refractivity contribution is 5.75. The molecule has 5 heteroatoms. The Kier molecular flexibility index (Phi) is 2.73. The summed E-state index contributed by atoms with van der Waals surface area (Å²) in [4.78, 5) is 12.6. The molecule has 1 rings (SSSR count). The predicted molar refractivity (Wildman–Crippen MR) is 45.8 cm³/mol. The van der Waals surface area contributed by atoms with Crippen LogP contribution in [-0.2, 0) is 0 Å². The van der Waals surface area contributed by atoms with Crippen LogP contribution in [-0.4, -0.2) is 41.3 Å². The molecular weight excluding hydrogens is 170 g/mol. The standard InChI is InChI=1S/C8H13N3O2/c1-2-10-7(12)11-5-8(13,6-11)3-4-9/h13H,2-3,5-6H2,1H3,(H,10,12). The Balaban J connectivity index is 2.32. The van der Waals surface area contributed by atoms with Crippen molar-refractivity contribution in [3.8, 4) is 6.07 Å². The van der Waals surface area contributed by atoms with E-state index in [4.69, 9.17) is 5.26 Å². The Morgan fingerprint density at radius 3 is 2.85 bits per heavy atom. The highest BCUT2D eigenvalue weighted by Crippen LogP contribution is 2.23. The van der Waals surface area contributed by atoms with E-state index in [0.29, 0.717) is 6.54 Å². The number of rotatable bonds is 2. The van der Waals surface area contributed by atoms with Crippen LogP contribution in [0.5, 0.6) is 0 Å². The number of nitrogens with one attached hydrogen (secondary N) is 1. The van der Waals surface area contributed by atoms with Crippen LogP contribution in [0, 0.1) is 11.3 Å². The molecule has 0 radical (unpaired) electrons. The Morgan fingerprint density at radius 2 is 2.38 bits per heavy atom. The number of urea groups is 1. The fraction of sp³-hybridized carbons (Fsp3) is 0.750. The second kappa shape index (κ2) is 3.62. The van der Waals surface area contributed by atoms with Crippen molar-refractivity contribution < 1.29 is 9.90 Å². The van der Waals surface area contributed by atoms with Crippen LogP contribution >= 0.6 is 0 Å². The Hall–Kier alpha value is -1.28. The molecule has 0 saturated carbocycles. The molecule has 0 bridgehead atoms. The maximum absolute atomic E-state index is 11.1. The number of β-amino-alcohol motifs (C(OH)–C–C–N with tert-alkyl or cyclic N) is 1. The molecule has 2 amide bonds. The average Bonchev–Trinajstić information content (AvgIpc) is 2.01. The van der Waals surface area contributed by atoms with E-state index in [-0.39, 0.29) is 25.5 Å².